The van der Waals surface area contributed by atoms with E-state index in [0.29, 0.717) is 5.56 Å². The van der Waals surface area contributed by atoms with Crippen molar-refractivity contribution < 1.29 is 49.8 Å². The molecule has 258 valence electrons. The first kappa shape index (κ1) is 39.3. The van der Waals surface area contributed by atoms with Crippen LogP contribution in [0.3, 0.4) is 0 Å². The summed E-state index contributed by atoms with van der Waals surface area (Å²) in [4.78, 5) is 50.0. The molecule has 1 aliphatic carbocycles. The molecule has 1 aromatic rings. The van der Waals surface area contributed by atoms with Gasteiger partial charge in [-0.3, -0.25) is 14.4 Å². The smallest absolute Gasteiger partial charge is 0.330 e. The van der Waals surface area contributed by atoms with Gasteiger partial charge in [-0.2, -0.15) is 0 Å². The molecule has 0 aliphatic heterocycles. The molecule has 47 heavy (non-hydrogen) atoms. The number of phenols is 1. The molecule has 0 fully saturated rings. The van der Waals surface area contributed by atoms with Crippen LogP contribution in [0.15, 0.2) is 58.9 Å². The molecule has 7 N–H and O–H groups in total. The Kier molecular flexibility index (Phi) is 13.6. The molecular weight excluding hydrogens is 606 g/mol. The van der Waals surface area contributed by atoms with Crippen molar-refractivity contribution in [2.75, 3.05) is 0 Å². The van der Waals surface area contributed by atoms with Gasteiger partial charge in [0.05, 0.1) is 30.1 Å². The molecule has 0 spiro atoms. The number of nitrogens with one attached hydrogen (secondary N) is 1. The van der Waals surface area contributed by atoms with Crippen molar-refractivity contribution in [1.29, 1.82) is 0 Å². The van der Waals surface area contributed by atoms with Gasteiger partial charge in [-0.1, -0.05) is 58.9 Å². The maximum atomic E-state index is 13.1. The number of carbonyl (C=O) groups excluding carboxylic acids is 3. The van der Waals surface area contributed by atoms with Crippen LogP contribution in [0.2, 0.25) is 0 Å². The molecule has 0 bridgehead atoms. The van der Waals surface area contributed by atoms with Crippen molar-refractivity contribution in [1.82, 2.24) is 5.32 Å². The number of aliphatic hydroxyl groups is 4. The predicted molar refractivity (Wildman–Crippen MR) is 176 cm³/mol. The van der Waals surface area contributed by atoms with Gasteiger partial charge >= 0.3 is 5.97 Å². The molecule has 1 aliphatic rings. The summed E-state index contributed by atoms with van der Waals surface area (Å²) in [6.07, 6.45) is 1.68. The molecule has 11 heteroatoms. The van der Waals surface area contributed by atoms with E-state index in [4.69, 9.17) is 5.11 Å². The summed E-state index contributed by atoms with van der Waals surface area (Å²) in [6, 6.07) is 2.66. The monoisotopic (exact) mass is 655 g/mol. The van der Waals surface area contributed by atoms with Gasteiger partial charge in [0.15, 0.2) is 5.78 Å². The second kappa shape index (κ2) is 16.3. The number of hydrogen-bond acceptors (Lipinski definition) is 9. The highest BCUT2D eigenvalue weighted by Crippen LogP contribution is 2.31. The number of aliphatic carboxylic acids is 1. The number of hydrogen-bond donors (Lipinski definition) is 7. The Balaban J connectivity index is 2.06. The second-order valence-corrected chi connectivity index (χ2v) is 12.9. The molecule has 0 aromatic heterocycles. The van der Waals surface area contributed by atoms with Crippen LogP contribution in [0.1, 0.15) is 81.7 Å². The van der Waals surface area contributed by atoms with Crippen LogP contribution < -0.4 is 5.32 Å². The van der Waals surface area contributed by atoms with Crippen LogP contribution in [0.4, 0.5) is 0 Å². The van der Waals surface area contributed by atoms with Crippen molar-refractivity contribution in [3.63, 3.8) is 0 Å². The van der Waals surface area contributed by atoms with Crippen molar-refractivity contribution in [3.8, 4) is 5.75 Å². The van der Waals surface area contributed by atoms with Gasteiger partial charge in [-0.05, 0) is 45.4 Å². The average molecular weight is 656 g/mol. The van der Waals surface area contributed by atoms with E-state index in [2.05, 4.69) is 5.32 Å². The maximum absolute atomic E-state index is 13.1. The number of aliphatic hydroxyl groups excluding tert-OH is 4. The van der Waals surface area contributed by atoms with Crippen LogP contribution >= 0.6 is 0 Å². The highest BCUT2D eigenvalue weighted by molar-refractivity contribution is 6.27. The minimum absolute atomic E-state index is 0.0506. The third-order valence-electron chi connectivity index (χ3n) is 9.29. The molecule has 0 radical (unpaired) electrons. The topological polar surface area (TPSA) is 202 Å². The van der Waals surface area contributed by atoms with Crippen LogP contribution in [0.5, 0.6) is 5.75 Å². The van der Waals surface area contributed by atoms with E-state index in [9.17, 15) is 44.7 Å². The zero-order valence-corrected chi connectivity index (χ0v) is 28.5. The number of benzene rings is 1. The number of rotatable bonds is 14. The molecule has 0 saturated carbocycles. The van der Waals surface area contributed by atoms with Crippen molar-refractivity contribution in [2.45, 2.75) is 86.7 Å². The Morgan fingerprint density at radius 3 is 1.77 bits per heavy atom. The Hall–Kier alpha value is -3.90. The van der Waals surface area contributed by atoms with E-state index in [1.165, 1.54) is 45.1 Å². The van der Waals surface area contributed by atoms with Crippen molar-refractivity contribution in [2.24, 2.45) is 29.6 Å². The number of carboxylic acid groups (broad SMARTS) is 1. The zero-order valence-electron chi connectivity index (χ0n) is 28.5. The minimum atomic E-state index is -1.15. The second-order valence-electron chi connectivity index (χ2n) is 12.9. The third kappa shape index (κ3) is 9.13. The first-order chi connectivity index (χ1) is 21.7. The molecule has 0 heterocycles. The quantitative estimate of drug-likeness (QED) is 0.115. The Labute approximate surface area is 276 Å². The Bertz CT molecular complexity index is 1500. The normalized spacial score (nSPS) is 20.2. The van der Waals surface area contributed by atoms with E-state index in [1.807, 2.05) is 0 Å². The fourth-order valence-corrected chi connectivity index (χ4v) is 5.71. The maximum Gasteiger partial charge on any atom is 0.330 e. The number of fused-ring (bicyclic) bond motifs is 1. The summed E-state index contributed by atoms with van der Waals surface area (Å²) < 4.78 is 0. The Morgan fingerprint density at radius 2 is 1.23 bits per heavy atom. The standard InChI is InChI=1S/C36H49NO10/c1-16(29(39)22(7)31(41)24(9)32(42)23(8)30(40)19(4)13-20(5)36(46)47)11-10-12-17(2)35(45)37-28-21(6)33(43)26-15-27(38)18(3)14-25(26)34(28)44/h10-16,19,22-24,29-32,38-42H,1-9H3,(H,37,45)(H,46,47). The van der Waals surface area contributed by atoms with E-state index >= 15 is 0 Å². The fourth-order valence-electron chi connectivity index (χ4n) is 5.71. The Morgan fingerprint density at radius 1 is 0.745 bits per heavy atom. The largest absolute Gasteiger partial charge is 0.508 e. The van der Waals surface area contributed by atoms with Gasteiger partial charge in [0, 0.05) is 57.4 Å². The number of aryl methyl sites for hydroxylation is 1. The van der Waals surface area contributed by atoms with Crippen molar-refractivity contribution >= 4 is 23.4 Å². The number of aromatic hydroxyl groups is 1. The van der Waals surface area contributed by atoms with Crippen molar-refractivity contribution in [3.05, 3.63) is 75.5 Å². The lowest BCUT2D eigenvalue weighted by atomic mass is 9.77. The third-order valence-corrected chi connectivity index (χ3v) is 9.29. The summed E-state index contributed by atoms with van der Waals surface area (Å²) in [7, 11) is 0. The lowest BCUT2D eigenvalue weighted by Crippen LogP contribution is -2.45. The van der Waals surface area contributed by atoms with E-state index in [1.54, 1.807) is 53.7 Å². The van der Waals surface area contributed by atoms with Gasteiger partial charge in [-0.15, -0.1) is 0 Å². The number of allylic oxidation sites excluding steroid dienone is 4. The molecular formula is C36H49NO10. The first-order valence-corrected chi connectivity index (χ1v) is 15.7. The zero-order chi connectivity index (χ0) is 36.1. The van der Waals surface area contributed by atoms with Gasteiger partial charge in [-0.25, -0.2) is 4.79 Å². The van der Waals surface area contributed by atoms with E-state index in [-0.39, 0.29) is 39.3 Å². The van der Waals surface area contributed by atoms with Gasteiger partial charge in [0.25, 0.3) is 5.91 Å². The molecule has 9 atom stereocenters. The van der Waals surface area contributed by atoms with Gasteiger partial charge in [0.2, 0.25) is 5.78 Å². The number of amides is 1. The summed E-state index contributed by atoms with van der Waals surface area (Å²) in [6.45, 7) is 14.2. The molecule has 0 saturated heterocycles. The van der Waals surface area contributed by atoms with Crippen LogP contribution in [-0.4, -0.2) is 78.5 Å². The van der Waals surface area contributed by atoms with E-state index in [0.717, 1.165) is 0 Å². The molecule has 11 nitrogen and oxygen atoms in total. The van der Waals surface area contributed by atoms with Crippen LogP contribution in [-0.2, 0) is 9.59 Å². The minimum Gasteiger partial charge on any atom is -0.508 e. The predicted octanol–water partition coefficient (Wildman–Crippen LogP) is 3.63. The molecule has 1 amide bonds. The highest BCUT2D eigenvalue weighted by Gasteiger charge is 2.37. The summed E-state index contributed by atoms with van der Waals surface area (Å²) in [5, 5.41) is 65.2. The molecule has 9 unspecified atom stereocenters. The number of carboxylic acids is 1. The lowest BCUT2D eigenvalue weighted by molar-refractivity contribution is -0.132. The van der Waals surface area contributed by atoms with Gasteiger partial charge < -0.3 is 36.0 Å². The summed E-state index contributed by atoms with van der Waals surface area (Å²) in [5.41, 5.74) is 0.786. The molecule has 1 aromatic carbocycles. The average Bonchev–Trinajstić information content (AvgIpc) is 3.03. The number of carbonyl (C=O) groups is 4. The summed E-state index contributed by atoms with van der Waals surface area (Å²) in [5.74, 6) is -6.02. The van der Waals surface area contributed by atoms with Crippen LogP contribution in [0.25, 0.3) is 0 Å². The summed E-state index contributed by atoms with van der Waals surface area (Å²) >= 11 is 0. The number of ketones is 2. The number of phenolic OH excluding ortho intramolecular Hbond substituents is 1. The molecule has 2 rings (SSSR count). The van der Waals surface area contributed by atoms with Crippen LogP contribution in [0, 0.1) is 36.5 Å². The lowest BCUT2D eigenvalue weighted by Gasteiger charge is -2.36. The first-order valence-electron chi connectivity index (χ1n) is 15.7. The highest BCUT2D eigenvalue weighted by atomic mass is 16.4. The van der Waals surface area contributed by atoms with Gasteiger partial charge in [0.1, 0.15) is 5.75 Å². The van der Waals surface area contributed by atoms with E-state index < -0.39 is 77.4 Å². The SMILES string of the molecule is CC(=CC(C)C(O)C(C)C(O)C(C)C(O)C(C)C(O)C(C)C=CC=C(C)C(=O)NC1=C(C)C(=O)c2cc(O)c(C)cc2C1=O)C(=O)O. The fraction of sp³-hybridized carbons (Fsp3) is 0.500. The number of Topliss-reactive ketones (excluding diaryl/α,β-unsaturated/α-hetero) is 2.